The molecule has 0 fully saturated rings. The number of Topliss-reactive ketones (excluding diaryl/α,β-unsaturated/α-hetero) is 1. The van der Waals surface area contributed by atoms with Crippen LogP contribution in [0, 0.1) is 11.7 Å². The van der Waals surface area contributed by atoms with Crippen LogP contribution >= 0.6 is 0 Å². The molecule has 0 aliphatic heterocycles. The highest BCUT2D eigenvalue weighted by Crippen LogP contribution is 2.30. The van der Waals surface area contributed by atoms with Crippen LogP contribution < -0.4 is 9.47 Å². The van der Waals surface area contributed by atoms with E-state index < -0.39 is 5.82 Å². The second kappa shape index (κ2) is 4.96. The highest BCUT2D eigenvalue weighted by Gasteiger charge is 2.18. The number of carbonyl (C=O) groups excluding carboxylic acids is 1. The van der Waals surface area contributed by atoms with Gasteiger partial charge in [0.1, 0.15) is 5.82 Å². The number of hydrogen-bond donors (Lipinski definition) is 0. The lowest BCUT2D eigenvalue weighted by Crippen LogP contribution is -2.10. The first-order valence-electron chi connectivity index (χ1n) is 4.97. The lowest BCUT2D eigenvalue weighted by atomic mass is 10.0. The van der Waals surface area contributed by atoms with Crippen molar-refractivity contribution in [2.75, 3.05) is 14.2 Å². The molecule has 0 saturated carbocycles. The quantitative estimate of drug-likeness (QED) is 0.740. The van der Waals surface area contributed by atoms with Gasteiger partial charge in [0.25, 0.3) is 0 Å². The molecule has 0 aliphatic rings. The third-order valence-electron chi connectivity index (χ3n) is 2.26. The predicted molar refractivity (Wildman–Crippen MR) is 58.7 cm³/mol. The molecule has 0 aliphatic carbocycles. The van der Waals surface area contributed by atoms with Crippen molar-refractivity contribution in [3.8, 4) is 11.5 Å². The highest BCUT2D eigenvalue weighted by atomic mass is 19.1. The van der Waals surface area contributed by atoms with E-state index in [1.54, 1.807) is 13.8 Å². The Kier molecular flexibility index (Phi) is 3.88. The molecule has 0 N–H and O–H groups in total. The Bertz CT molecular complexity index is 399. The minimum Gasteiger partial charge on any atom is -0.493 e. The topological polar surface area (TPSA) is 35.5 Å². The largest absolute Gasteiger partial charge is 0.493 e. The molecular weight excluding hydrogens is 211 g/mol. The van der Waals surface area contributed by atoms with E-state index in [1.807, 2.05) is 0 Å². The summed E-state index contributed by atoms with van der Waals surface area (Å²) >= 11 is 0. The van der Waals surface area contributed by atoms with Gasteiger partial charge in [0.2, 0.25) is 0 Å². The van der Waals surface area contributed by atoms with Gasteiger partial charge in [-0.3, -0.25) is 4.79 Å². The summed E-state index contributed by atoms with van der Waals surface area (Å²) in [5, 5.41) is 0. The maximum atomic E-state index is 13.6. The van der Waals surface area contributed by atoms with Crippen LogP contribution in [0.15, 0.2) is 12.1 Å². The Morgan fingerprint density at radius 1 is 1.19 bits per heavy atom. The maximum absolute atomic E-state index is 13.6. The summed E-state index contributed by atoms with van der Waals surface area (Å²) in [6.45, 7) is 3.44. The molecule has 0 spiro atoms. The van der Waals surface area contributed by atoms with Gasteiger partial charge in [0, 0.05) is 12.0 Å². The minimum atomic E-state index is -0.587. The molecule has 0 bridgehead atoms. The van der Waals surface area contributed by atoms with Gasteiger partial charge in [0.15, 0.2) is 17.3 Å². The second-order valence-electron chi connectivity index (χ2n) is 3.71. The molecular formula is C12H15FO3. The Balaban J connectivity index is 3.26. The van der Waals surface area contributed by atoms with Gasteiger partial charge in [0.05, 0.1) is 19.8 Å². The van der Waals surface area contributed by atoms with Gasteiger partial charge in [-0.2, -0.15) is 0 Å². The van der Waals surface area contributed by atoms with Crippen molar-refractivity contribution >= 4 is 5.78 Å². The van der Waals surface area contributed by atoms with E-state index in [9.17, 15) is 9.18 Å². The average molecular weight is 226 g/mol. The van der Waals surface area contributed by atoms with Crippen LogP contribution in [-0.2, 0) is 0 Å². The molecule has 0 radical (unpaired) electrons. The number of carbonyl (C=O) groups is 1. The zero-order chi connectivity index (χ0) is 12.3. The number of rotatable bonds is 4. The van der Waals surface area contributed by atoms with Crippen molar-refractivity contribution in [1.82, 2.24) is 0 Å². The Morgan fingerprint density at radius 2 is 1.69 bits per heavy atom. The molecule has 4 heteroatoms. The third-order valence-corrected chi connectivity index (χ3v) is 2.26. The predicted octanol–water partition coefficient (Wildman–Crippen LogP) is 2.68. The normalized spacial score (nSPS) is 10.4. The Morgan fingerprint density at radius 3 is 2.12 bits per heavy atom. The zero-order valence-corrected chi connectivity index (χ0v) is 9.83. The van der Waals surface area contributed by atoms with Crippen molar-refractivity contribution in [2.45, 2.75) is 13.8 Å². The molecule has 1 aromatic carbocycles. The van der Waals surface area contributed by atoms with E-state index in [0.29, 0.717) is 5.75 Å². The van der Waals surface area contributed by atoms with Crippen molar-refractivity contribution < 1.29 is 18.7 Å². The molecule has 0 atom stereocenters. The first-order valence-corrected chi connectivity index (χ1v) is 4.97. The molecule has 16 heavy (non-hydrogen) atoms. The van der Waals surface area contributed by atoms with Gasteiger partial charge >= 0.3 is 0 Å². The summed E-state index contributed by atoms with van der Waals surface area (Å²) in [5.41, 5.74) is 0.0349. The standard InChI is InChI=1S/C12H15FO3/c1-7(2)12(14)8-5-10(15-3)11(16-4)6-9(8)13/h5-7H,1-4H3. The van der Waals surface area contributed by atoms with Crippen molar-refractivity contribution in [2.24, 2.45) is 5.92 Å². The lowest BCUT2D eigenvalue weighted by Gasteiger charge is -2.11. The summed E-state index contributed by atoms with van der Waals surface area (Å²) in [5.74, 6) is -0.462. The highest BCUT2D eigenvalue weighted by molar-refractivity contribution is 5.98. The summed E-state index contributed by atoms with van der Waals surface area (Å²) in [6, 6.07) is 2.53. The number of ether oxygens (including phenoxy) is 2. The van der Waals surface area contributed by atoms with Crippen LogP contribution in [0.4, 0.5) is 4.39 Å². The van der Waals surface area contributed by atoms with Crippen LogP contribution in [0.3, 0.4) is 0 Å². The van der Waals surface area contributed by atoms with E-state index in [0.717, 1.165) is 6.07 Å². The number of benzene rings is 1. The molecule has 88 valence electrons. The van der Waals surface area contributed by atoms with Crippen molar-refractivity contribution in [3.63, 3.8) is 0 Å². The summed E-state index contributed by atoms with van der Waals surface area (Å²) in [4.78, 5) is 11.7. The average Bonchev–Trinajstić information content (AvgIpc) is 2.27. The van der Waals surface area contributed by atoms with Gasteiger partial charge < -0.3 is 9.47 Å². The molecule has 0 aromatic heterocycles. The molecule has 0 saturated heterocycles. The monoisotopic (exact) mass is 226 g/mol. The third kappa shape index (κ3) is 2.32. The van der Waals surface area contributed by atoms with E-state index in [-0.39, 0.29) is 23.0 Å². The fourth-order valence-corrected chi connectivity index (χ4v) is 1.35. The molecule has 0 unspecified atom stereocenters. The lowest BCUT2D eigenvalue weighted by molar-refractivity contribution is 0.0935. The fourth-order valence-electron chi connectivity index (χ4n) is 1.35. The van der Waals surface area contributed by atoms with Crippen molar-refractivity contribution in [3.05, 3.63) is 23.5 Å². The second-order valence-corrected chi connectivity index (χ2v) is 3.71. The summed E-state index contributed by atoms with van der Waals surface area (Å²) in [7, 11) is 2.86. The Labute approximate surface area is 94.2 Å². The summed E-state index contributed by atoms with van der Waals surface area (Å²) < 4.78 is 23.6. The minimum absolute atomic E-state index is 0.0349. The molecule has 1 aromatic rings. The van der Waals surface area contributed by atoms with Crippen LogP contribution in [0.25, 0.3) is 0 Å². The van der Waals surface area contributed by atoms with Crippen LogP contribution in [0.2, 0.25) is 0 Å². The maximum Gasteiger partial charge on any atom is 0.168 e. The molecule has 0 amide bonds. The van der Waals surface area contributed by atoms with E-state index in [2.05, 4.69) is 0 Å². The number of hydrogen-bond acceptors (Lipinski definition) is 3. The zero-order valence-electron chi connectivity index (χ0n) is 9.83. The number of methoxy groups -OCH3 is 2. The van der Waals surface area contributed by atoms with E-state index in [4.69, 9.17) is 9.47 Å². The van der Waals surface area contributed by atoms with Crippen LogP contribution in [-0.4, -0.2) is 20.0 Å². The molecule has 1 rings (SSSR count). The number of ketones is 1. The summed E-state index contributed by atoms with van der Waals surface area (Å²) in [6.07, 6.45) is 0. The van der Waals surface area contributed by atoms with Gasteiger partial charge in [-0.25, -0.2) is 4.39 Å². The SMILES string of the molecule is COc1cc(F)c(C(=O)C(C)C)cc1OC. The first kappa shape index (κ1) is 12.5. The van der Waals surface area contributed by atoms with Gasteiger partial charge in [-0.15, -0.1) is 0 Å². The van der Waals surface area contributed by atoms with E-state index >= 15 is 0 Å². The fraction of sp³-hybridized carbons (Fsp3) is 0.417. The van der Waals surface area contributed by atoms with Crippen LogP contribution in [0.1, 0.15) is 24.2 Å². The van der Waals surface area contributed by atoms with Gasteiger partial charge in [-0.05, 0) is 6.07 Å². The molecule has 0 heterocycles. The van der Waals surface area contributed by atoms with Gasteiger partial charge in [-0.1, -0.05) is 13.8 Å². The van der Waals surface area contributed by atoms with Crippen LogP contribution in [0.5, 0.6) is 11.5 Å². The molecule has 3 nitrogen and oxygen atoms in total. The first-order chi connectivity index (χ1) is 7.51. The van der Waals surface area contributed by atoms with Crippen molar-refractivity contribution in [1.29, 1.82) is 0 Å². The number of halogens is 1. The smallest absolute Gasteiger partial charge is 0.168 e. The van der Waals surface area contributed by atoms with E-state index in [1.165, 1.54) is 20.3 Å². The Hall–Kier alpha value is -1.58.